The summed E-state index contributed by atoms with van der Waals surface area (Å²) < 4.78 is 30.3. The van der Waals surface area contributed by atoms with Gasteiger partial charge in [0.15, 0.2) is 0 Å². The molecule has 0 fully saturated rings. The number of anilines is 1. The number of nitro groups is 1. The lowest BCUT2D eigenvalue weighted by atomic mass is 10.2. The Bertz CT molecular complexity index is 933. The zero-order valence-electron chi connectivity index (χ0n) is 14.7. The third-order valence-corrected chi connectivity index (χ3v) is 4.65. The molecular formula is C16H18N4O6S. The standard InChI is InChI=1S/C16H18N4O6S/c1-26-15-7-6-13(20(22)23)9-14(15)19(27(2,24)25)11-16(21)18-10-12-5-3-4-8-17-12/h3-9H,10-11H2,1-2H3,(H,18,21). The van der Waals surface area contributed by atoms with Gasteiger partial charge in [-0.1, -0.05) is 6.07 Å². The predicted molar refractivity (Wildman–Crippen MR) is 97.9 cm³/mol. The van der Waals surface area contributed by atoms with Crippen LogP contribution in [0.1, 0.15) is 5.69 Å². The molecule has 0 spiro atoms. The summed E-state index contributed by atoms with van der Waals surface area (Å²) in [5.41, 5.74) is 0.181. The minimum absolute atomic E-state index is 0.0866. The van der Waals surface area contributed by atoms with E-state index in [1.807, 2.05) is 0 Å². The van der Waals surface area contributed by atoms with Gasteiger partial charge in [0.05, 0.1) is 30.5 Å². The highest BCUT2D eigenvalue weighted by Crippen LogP contribution is 2.33. The number of pyridine rings is 1. The quantitative estimate of drug-likeness (QED) is 0.523. The molecule has 0 aliphatic carbocycles. The number of ether oxygens (including phenoxy) is 1. The number of rotatable bonds is 8. The molecule has 0 aliphatic heterocycles. The number of hydrogen-bond acceptors (Lipinski definition) is 7. The summed E-state index contributed by atoms with van der Waals surface area (Å²) in [5, 5.41) is 13.6. The molecular weight excluding hydrogens is 376 g/mol. The highest BCUT2D eigenvalue weighted by Gasteiger charge is 2.26. The summed E-state index contributed by atoms with van der Waals surface area (Å²) in [6, 6.07) is 8.70. The average Bonchev–Trinajstić information content (AvgIpc) is 2.63. The first-order valence-electron chi connectivity index (χ1n) is 7.69. The van der Waals surface area contributed by atoms with Gasteiger partial charge in [-0.25, -0.2) is 8.42 Å². The van der Waals surface area contributed by atoms with E-state index < -0.39 is 27.4 Å². The Labute approximate surface area is 156 Å². The van der Waals surface area contributed by atoms with Crippen LogP contribution >= 0.6 is 0 Å². The predicted octanol–water partition coefficient (Wildman–Crippen LogP) is 1.08. The van der Waals surface area contributed by atoms with Crippen molar-refractivity contribution in [1.29, 1.82) is 0 Å². The molecule has 2 rings (SSSR count). The van der Waals surface area contributed by atoms with Gasteiger partial charge in [0.2, 0.25) is 15.9 Å². The molecule has 2 aromatic rings. The summed E-state index contributed by atoms with van der Waals surface area (Å²) in [5.74, 6) is -0.511. The first-order valence-corrected chi connectivity index (χ1v) is 9.54. The van der Waals surface area contributed by atoms with Crippen molar-refractivity contribution in [2.24, 2.45) is 0 Å². The van der Waals surface area contributed by atoms with Crippen molar-refractivity contribution in [2.75, 3.05) is 24.2 Å². The van der Waals surface area contributed by atoms with Gasteiger partial charge in [-0.05, 0) is 18.2 Å². The first kappa shape index (κ1) is 20.1. The Morgan fingerprint density at radius 2 is 2.07 bits per heavy atom. The SMILES string of the molecule is COc1ccc([N+](=O)[O-])cc1N(CC(=O)NCc1ccccn1)S(C)(=O)=O. The van der Waals surface area contributed by atoms with Gasteiger partial charge in [-0.15, -0.1) is 0 Å². The third-order valence-electron chi connectivity index (χ3n) is 3.52. The second kappa shape index (κ2) is 8.45. The van der Waals surface area contributed by atoms with E-state index in [0.717, 1.165) is 16.6 Å². The molecule has 27 heavy (non-hydrogen) atoms. The maximum atomic E-state index is 12.2. The zero-order valence-corrected chi connectivity index (χ0v) is 15.5. The number of nitrogens with zero attached hydrogens (tertiary/aromatic N) is 3. The smallest absolute Gasteiger partial charge is 0.271 e. The average molecular weight is 394 g/mol. The molecule has 144 valence electrons. The van der Waals surface area contributed by atoms with Crippen molar-refractivity contribution in [2.45, 2.75) is 6.54 Å². The number of nitrogens with one attached hydrogen (secondary N) is 1. The number of benzene rings is 1. The number of sulfonamides is 1. The van der Waals surface area contributed by atoms with Crippen LogP contribution in [-0.2, 0) is 21.4 Å². The molecule has 1 aromatic carbocycles. The molecule has 11 heteroatoms. The Kier molecular flexibility index (Phi) is 6.29. The van der Waals surface area contributed by atoms with Crippen LogP contribution in [0.25, 0.3) is 0 Å². The largest absolute Gasteiger partial charge is 0.495 e. The number of methoxy groups -OCH3 is 1. The number of carbonyl (C=O) groups is 1. The Hall–Kier alpha value is -3.21. The summed E-state index contributed by atoms with van der Waals surface area (Å²) in [4.78, 5) is 26.7. The van der Waals surface area contributed by atoms with Crippen molar-refractivity contribution in [3.8, 4) is 5.75 Å². The van der Waals surface area contributed by atoms with Gasteiger partial charge >= 0.3 is 0 Å². The molecule has 0 bridgehead atoms. The third kappa shape index (κ3) is 5.38. The van der Waals surface area contributed by atoms with Gasteiger partial charge in [0, 0.05) is 18.3 Å². The Morgan fingerprint density at radius 1 is 1.33 bits per heavy atom. The summed E-state index contributed by atoms with van der Waals surface area (Å²) >= 11 is 0. The summed E-state index contributed by atoms with van der Waals surface area (Å²) in [7, 11) is -2.62. The molecule has 1 amide bonds. The van der Waals surface area contributed by atoms with Gasteiger partial charge in [-0.2, -0.15) is 0 Å². The molecule has 0 saturated heterocycles. The van der Waals surface area contributed by atoms with Crippen LogP contribution in [-0.4, -0.2) is 44.1 Å². The number of nitro benzene ring substituents is 1. The molecule has 0 saturated carbocycles. The molecule has 0 atom stereocenters. The Balaban J connectivity index is 2.27. The van der Waals surface area contributed by atoms with Gasteiger partial charge in [-0.3, -0.25) is 24.2 Å². The van der Waals surface area contributed by atoms with Crippen molar-refractivity contribution < 1.29 is 22.9 Å². The highest BCUT2D eigenvalue weighted by molar-refractivity contribution is 7.92. The van der Waals surface area contributed by atoms with E-state index in [9.17, 15) is 23.3 Å². The summed E-state index contributed by atoms with van der Waals surface area (Å²) in [6.45, 7) is -0.452. The first-order chi connectivity index (χ1) is 12.7. The van der Waals surface area contributed by atoms with Crippen molar-refractivity contribution in [3.63, 3.8) is 0 Å². The molecule has 0 radical (unpaired) electrons. The molecule has 1 aromatic heterocycles. The minimum Gasteiger partial charge on any atom is -0.495 e. The van der Waals surface area contributed by atoms with Crippen molar-refractivity contribution >= 4 is 27.3 Å². The fourth-order valence-electron chi connectivity index (χ4n) is 2.25. The van der Waals surface area contributed by atoms with E-state index in [2.05, 4.69) is 10.3 Å². The number of amides is 1. The fourth-order valence-corrected chi connectivity index (χ4v) is 3.10. The lowest BCUT2D eigenvalue weighted by molar-refractivity contribution is -0.384. The molecule has 10 nitrogen and oxygen atoms in total. The molecule has 1 N–H and O–H groups in total. The number of hydrogen-bond donors (Lipinski definition) is 1. The van der Waals surface area contributed by atoms with Crippen LogP contribution in [0, 0.1) is 10.1 Å². The second-order valence-corrected chi connectivity index (χ2v) is 7.39. The maximum Gasteiger partial charge on any atom is 0.271 e. The van der Waals surface area contributed by atoms with Gasteiger partial charge < -0.3 is 10.1 Å². The molecule has 1 heterocycles. The van der Waals surface area contributed by atoms with Crippen LogP contribution in [0.15, 0.2) is 42.6 Å². The van der Waals surface area contributed by atoms with E-state index in [1.165, 1.54) is 19.2 Å². The van der Waals surface area contributed by atoms with E-state index in [4.69, 9.17) is 4.74 Å². The molecule has 0 aliphatic rings. The van der Waals surface area contributed by atoms with E-state index in [1.54, 1.807) is 24.4 Å². The number of aromatic nitrogens is 1. The molecule has 0 unspecified atom stereocenters. The number of non-ortho nitro benzene ring substituents is 1. The number of carbonyl (C=O) groups excluding carboxylic acids is 1. The Morgan fingerprint density at radius 3 is 2.63 bits per heavy atom. The van der Waals surface area contributed by atoms with E-state index in [-0.39, 0.29) is 23.7 Å². The minimum atomic E-state index is -3.92. The second-order valence-electron chi connectivity index (χ2n) is 5.48. The van der Waals surface area contributed by atoms with E-state index >= 15 is 0 Å². The van der Waals surface area contributed by atoms with Crippen molar-refractivity contribution in [1.82, 2.24) is 10.3 Å². The van der Waals surface area contributed by atoms with Gasteiger partial charge in [0.1, 0.15) is 18.0 Å². The maximum absolute atomic E-state index is 12.2. The summed E-state index contributed by atoms with van der Waals surface area (Å²) in [6.07, 6.45) is 2.47. The van der Waals surface area contributed by atoms with Crippen LogP contribution < -0.4 is 14.4 Å². The van der Waals surface area contributed by atoms with Crippen LogP contribution in [0.5, 0.6) is 5.75 Å². The highest BCUT2D eigenvalue weighted by atomic mass is 32.2. The lowest BCUT2D eigenvalue weighted by Crippen LogP contribution is -2.40. The normalized spacial score (nSPS) is 10.9. The van der Waals surface area contributed by atoms with Crippen LogP contribution in [0.3, 0.4) is 0 Å². The van der Waals surface area contributed by atoms with Crippen LogP contribution in [0.4, 0.5) is 11.4 Å². The van der Waals surface area contributed by atoms with Gasteiger partial charge in [0.25, 0.3) is 5.69 Å². The lowest BCUT2D eigenvalue weighted by Gasteiger charge is -2.23. The fraction of sp³-hybridized carbons (Fsp3) is 0.250. The topological polar surface area (TPSA) is 132 Å². The van der Waals surface area contributed by atoms with E-state index in [0.29, 0.717) is 5.69 Å². The van der Waals surface area contributed by atoms with Crippen LogP contribution in [0.2, 0.25) is 0 Å². The zero-order chi connectivity index (χ0) is 20.0. The monoisotopic (exact) mass is 394 g/mol. The van der Waals surface area contributed by atoms with Crippen molar-refractivity contribution in [3.05, 3.63) is 58.4 Å².